The molecule has 0 spiro atoms. The number of rotatable bonds is 7. The topological polar surface area (TPSA) is 78.0 Å². The predicted molar refractivity (Wildman–Crippen MR) is 78.6 cm³/mol. The van der Waals surface area contributed by atoms with E-state index in [-0.39, 0.29) is 5.69 Å². The third-order valence-electron chi connectivity index (χ3n) is 2.96. The minimum atomic E-state index is -1.23. The van der Waals surface area contributed by atoms with Crippen LogP contribution in [-0.2, 0) is 6.42 Å². The molecule has 0 saturated carbocycles. The summed E-state index contributed by atoms with van der Waals surface area (Å²) in [4.78, 5) is 19.3. The molecular weight excluding hydrogens is 288 g/mol. The van der Waals surface area contributed by atoms with Gasteiger partial charge in [0, 0.05) is 11.3 Å². The molecule has 21 heavy (non-hydrogen) atoms. The van der Waals surface area contributed by atoms with E-state index in [0.29, 0.717) is 10.9 Å². The van der Waals surface area contributed by atoms with Crippen LogP contribution in [0, 0.1) is 0 Å². The first-order chi connectivity index (χ1) is 10.1. The van der Waals surface area contributed by atoms with Crippen molar-refractivity contribution in [2.24, 2.45) is 0 Å². The molecule has 1 aromatic carbocycles. The number of carbonyl (C=O) groups is 1. The molecule has 0 aliphatic carbocycles. The molecule has 0 aliphatic heterocycles. The van der Waals surface area contributed by atoms with Crippen molar-refractivity contribution in [1.29, 1.82) is 0 Å². The second-order valence-electron chi connectivity index (χ2n) is 4.53. The molecule has 112 valence electrons. The molecule has 1 heterocycles. The zero-order valence-electron chi connectivity index (χ0n) is 12.0. The highest BCUT2D eigenvalue weighted by Gasteiger charge is 2.12. The number of hydrogen-bond acceptors (Lipinski definition) is 5. The van der Waals surface area contributed by atoms with E-state index < -0.39 is 5.97 Å². The van der Waals surface area contributed by atoms with E-state index in [2.05, 4.69) is 16.9 Å². The maximum Gasteiger partial charge on any atom is 0.128 e. The molecule has 0 atom stereocenters. The van der Waals surface area contributed by atoms with Gasteiger partial charge < -0.3 is 19.6 Å². The van der Waals surface area contributed by atoms with Crippen molar-refractivity contribution in [3.8, 4) is 5.75 Å². The van der Waals surface area contributed by atoms with Crippen LogP contribution in [0.15, 0.2) is 34.2 Å². The fourth-order valence-corrected chi connectivity index (χ4v) is 2.72. The number of ether oxygens (including phenoxy) is 1. The molecule has 0 unspecified atom stereocenters. The molecule has 2 rings (SSSR count). The summed E-state index contributed by atoms with van der Waals surface area (Å²) in [6, 6.07) is 7.38. The van der Waals surface area contributed by atoms with Gasteiger partial charge in [-0.25, -0.2) is 4.98 Å². The summed E-state index contributed by atoms with van der Waals surface area (Å²) in [6.07, 6.45) is 2.73. The number of benzene rings is 1. The van der Waals surface area contributed by atoms with Gasteiger partial charge in [-0.15, -0.1) is 0 Å². The van der Waals surface area contributed by atoms with Crippen molar-refractivity contribution in [3.63, 3.8) is 0 Å². The van der Waals surface area contributed by atoms with Crippen molar-refractivity contribution >= 4 is 17.7 Å². The Bertz CT molecular complexity index is 608. The molecule has 5 nitrogen and oxygen atoms in total. The molecule has 0 bridgehead atoms. The van der Waals surface area contributed by atoms with Gasteiger partial charge in [0.2, 0.25) is 0 Å². The molecule has 0 fully saturated rings. The maximum absolute atomic E-state index is 11.2. The quantitative estimate of drug-likeness (QED) is 0.849. The summed E-state index contributed by atoms with van der Waals surface area (Å²) in [6.45, 7) is 2.08. The van der Waals surface area contributed by atoms with Crippen LogP contribution < -0.4 is 9.84 Å². The van der Waals surface area contributed by atoms with E-state index in [1.165, 1.54) is 11.8 Å². The van der Waals surface area contributed by atoms with Crippen molar-refractivity contribution in [1.82, 2.24) is 9.97 Å². The number of imidazole rings is 1. The van der Waals surface area contributed by atoms with E-state index >= 15 is 0 Å². The first-order valence-electron chi connectivity index (χ1n) is 6.76. The zero-order valence-corrected chi connectivity index (χ0v) is 12.8. The number of nitrogens with one attached hydrogen (secondary N) is 1. The smallest absolute Gasteiger partial charge is 0.128 e. The number of aromatic amines is 1. The summed E-state index contributed by atoms with van der Waals surface area (Å²) < 4.78 is 5.09. The van der Waals surface area contributed by atoms with Crippen LogP contribution in [0.5, 0.6) is 5.75 Å². The molecule has 1 N–H and O–H groups in total. The highest BCUT2D eigenvalue weighted by molar-refractivity contribution is 7.99. The summed E-state index contributed by atoms with van der Waals surface area (Å²) in [7, 11) is 1.60. The molecule has 0 saturated heterocycles. The first-order valence-corrected chi connectivity index (χ1v) is 7.57. The largest absolute Gasteiger partial charge is 0.543 e. The van der Waals surface area contributed by atoms with Crippen molar-refractivity contribution in [2.75, 3.05) is 7.11 Å². The SMILES string of the molecule is CCCCc1nc(Sc2ccc(OC)cc2)c(C(=O)[O-])[nH]1. The van der Waals surface area contributed by atoms with E-state index in [1.807, 2.05) is 24.3 Å². The maximum atomic E-state index is 11.2. The van der Waals surface area contributed by atoms with Gasteiger partial charge in [-0.3, -0.25) is 0 Å². The Hall–Kier alpha value is -1.95. The van der Waals surface area contributed by atoms with Gasteiger partial charge in [0.1, 0.15) is 16.6 Å². The van der Waals surface area contributed by atoms with E-state index in [1.54, 1.807) is 7.11 Å². The number of carbonyl (C=O) groups excluding carboxylic acids is 1. The lowest BCUT2D eigenvalue weighted by Crippen LogP contribution is -2.23. The van der Waals surface area contributed by atoms with E-state index in [9.17, 15) is 9.90 Å². The lowest BCUT2D eigenvalue weighted by Gasteiger charge is -2.04. The van der Waals surface area contributed by atoms with Crippen LogP contribution in [0.1, 0.15) is 36.1 Å². The number of nitrogens with zero attached hydrogens (tertiary/aromatic N) is 1. The summed E-state index contributed by atoms with van der Waals surface area (Å²) >= 11 is 1.30. The Balaban J connectivity index is 2.20. The number of unbranched alkanes of at least 4 members (excludes halogenated alkanes) is 1. The Labute approximate surface area is 127 Å². The minimum absolute atomic E-state index is 0.0434. The Morgan fingerprint density at radius 1 is 1.38 bits per heavy atom. The second-order valence-corrected chi connectivity index (χ2v) is 5.59. The number of H-pyrrole nitrogens is 1. The summed E-state index contributed by atoms with van der Waals surface area (Å²) in [5, 5.41) is 11.6. The van der Waals surface area contributed by atoms with Gasteiger partial charge in [-0.2, -0.15) is 0 Å². The minimum Gasteiger partial charge on any atom is -0.543 e. The van der Waals surface area contributed by atoms with Crippen LogP contribution >= 0.6 is 11.8 Å². The number of methoxy groups -OCH3 is 1. The first kappa shape index (κ1) is 15.4. The van der Waals surface area contributed by atoms with Crippen molar-refractivity contribution < 1.29 is 14.6 Å². The van der Waals surface area contributed by atoms with Gasteiger partial charge in [0.25, 0.3) is 0 Å². The average molecular weight is 305 g/mol. The predicted octanol–water partition coefficient (Wildman–Crippen LogP) is 2.28. The molecule has 0 amide bonds. The van der Waals surface area contributed by atoms with Crippen molar-refractivity contribution in [2.45, 2.75) is 36.1 Å². The third kappa shape index (κ3) is 4.01. The van der Waals surface area contributed by atoms with Crippen LogP contribution in [0.3, 0.4) is 0 Å². The number of hydrogen-bond donors (Lipinski definition) is 1. The highest BCUT2D eigenvalue weighted by atomic mass is 32.2. The van der Waals surface area contributed by atoms with Gasteiger partial charge in [-0.05, 0) is 30.7 Å². The summed E-state index contributed by atoms with van der Waals surface area (Å²) in [5.41, 5.74) is 0.0434. The Kier molecular flexibility index (Phi) is 5.27. The monoisotopic (exact) mass is 305 g/mol. The van der Waals surface area contributed by atoms with Crippen molar-refractivity contribution in [3.05, 3.63) is 35.8 Å². The fourth-order valence-electron chi connectivity index (χ4n) is 1.83. The normalized spacial score (nSPS) is 10.6. The average Bonchev–Trinajstić information content (AvgIpc) is 2.89. The van der Waals surface area contributed by atoms with E-state index in [0.717, 1.165) is 29.9 Å². The van der Waals surface area contributed by atoms with Gasteiger partial charge in [-0.1, -0.05) is 25.1 Å². The fraction of sp³-hybridized carbons (Fsp3) is 0.333. The van der Waals surface area contributed by atoms with Crippen LogP contribution in [-0.4, -0.2) is 23.0 Å². The molecule has 6 heteroatoms. The number of aromatic nitrogens is 2. The van der Waals surface area contributed by atoms with Crippen LogP contribution in [0.2, 0.25) is 0 Å². The van der Waals surface area contributed by atoms with Crippen LogP contribution in [0.25, 0.3) is 0 Å². The molecular formula is C15H17N2O3S-. The van der Waals surface area contributed by atoms with E-state index in [4.69, 9.17) is 4.74 Å². The number of carboxylic acid groups (broad SMARTS) is 1. The zero-order chi connectivity index (χ0) is 15.2. The molecule has 1 aromatic heterocycles. The second kappa shape index (κ2) is 7.17. The standard InChI is InChI=1S/C15H18N2O3S/c1-3-4-5-12-16-13(15(18)19)14(17-12)21-11-8-6-10(20-2)7-9-11/h6-9H,3-5H2,1-2H3,(H,16,17)(H,18,19)/p-1. The van der Waals surface area contributed by atoms with Gasteiger partial charge >= 0.3 is 0 Å². The highest BCUT2D eigenvalue weighted by Crippen LogP contribution is 2.30. The van der Waals surface area contributed by atoms with Crippen LogP contribution in [0.4, 0.5) is 0 Å². The number of carboxylic acids is 1. The number of aryl methyl sites for hydroxylation is 1. The Morgan fingerprint density at radius 2 is 2.10 bits per heavy atom. The molecule has 0 aliphatic rings. The summed E-state index contributed by atoms with van der Waals surface area (Å²) in [5.74, 6) is 0.207. The Morgan fingerprint density at radius 3 is 2.67 bits per heavy atom. The molecule has 0 radical (unpaired) electrons. The third-order valence-corrected chi connectivity index (χ3v) is 3.96. The van der Waals surface area contributed by atoms with Gasteiger partial charge in [0.05, 0.1) is 18.8 Å². The molecule has 2 aromatic rings. The lowest BCUT2D eigenvalue weighted by atomic mass is 10.2. The van der Waals surface area contributed by atoms with Gasteiger partial charge in [0.15, 0.2) is 0 Å². The lowest BCUT2D eigenvalue weighted by molar-refractivity contribution is -0.255. The number of aromatic carboxylic acids is 1.